The summed E-state index contributed by atoms with van der Waals surface area (Å²) >= 11 is 0. The van der Waals surface area contributed by atoms with E-state index < -0.39 is 17.7 Å². The maximum Gasteiger partial charge on any atom is 0.300 e. The summed E-state index contributed by atoms with van der Waals surface area (Å²) in [7, 11) is 3.52. The number of carbonyl (C=O) groups is 2. The molecule has 1 amide bonds. The van der Waals surface area contributed by atoms with Crippen LogP contribution in [0.4, 0.5) is 11.4 Å². The van der Waals surface area contributed by atoms with Crippen LogP contribution < -0.4 is 19.3 Å². The number of nitrogens with zero attached hydrogens (tertiary/aromatic N) is 2. The summed E-state index contributed by atoms with van der Waals surface area (Å²) in [6, 6.07) is 17.5. The summed E-state index contributed by atoms with van der Waals surface area (Å²) in [5.74, 6) is -0.257. The molecular formula is C29H28N2O5. The van der Waals surface area contributed by atoms with E-state index in [1.54, 1.807) is 37.4 Å². The molecule has 2 aliphatic rings. The van der Waals surface area contributed by atoms with E-state index in [4.69, 9.17) is 9.47 Å². The van der Waals surface area contributed by atoms with E-state index in [2.05, 4.69) is 0 Å². The van der Waals surface area contributed by atoms with Crippen molar-refractivity contribution in [3.63, 3.8) is 0 Å². The van der Waals surface area contributed by atoms with Gasteiger partial charge < -0.3 is 19.5 Å². The number of aliphatic hydroxyl groups is 1. The minimum atomic E-state index is -0.804. The first-order valence-corrected chi connectivity index (χ1v) is 11.8. The number of rotatable bonds is 4. The zero-order chi connectivity index (χ0) is 25.6. The summed E-state index contributed by atoms with van der Waals surface area (Å²) in [5, 5.41) is 11.5. The number of aryl methyl sites for hydroxylation is 2. The first-order valence-electron chi connectivity index (χ1n) is 11.8. The second kappa shape index (κ2) is 9.07. The third kappa shape index (κ3) is 3.86. The quantitative estimate of drug-likeness (QED) is 0.327. The van der Waals surface area contributed by atoms with Crippen molar-refractivity contribution in [2.24, 2.45) is 0 Å². The number of likely N-dealkylation sites (N-methyl/N-ethyl adjacent to an activating group) is 1. The number of anilines is 2. The fourth-order valence-corrected chi connectivity index (χ4v) is 4.82. The Bertz CT molecular complexity index is 1390. The van der Waals surface area contributed by atoms with Crippen LogP contribution in [0, 0.1) is 13.8 Å². The lowest BCUT2D eigenvalue weighted by Gasteiger charge is -2.28. The van der Waals surface area contributed by atoms with Gasteiger partial charge in [-0.1, -0.05) is 24.3 Å². The van der Waals surface area contributed by atoms with Crippen LogP contribution in [0.15, 0.2) is 66.2 Å². The minimum absolute atomic E-state index is 0.0467. The molecule has 0 radical (unpaired) electrons. The average molecular weight is 485 g/mol. The highest BCUT2D eigenvalue weighted by Crippen LogP contribution is 2.44. The standard InChI is InChI=1S/C29H28N2O5/c1-17-5-6-18(2)22(15-17)31-26(19-7-10-21(35-4)11-8-19)25(28(33)29(31)34)27(32)20-9-12-24-23(16-20)30(3)13-14-36-24/h5-12,15-16,26,32H,13-14H2,1-4H3/b27-25-. The Kier molecular flexibility index (Phi) is 5.92. The normalized spacial score (nSPS) is 18.7. The van der Waals surface area contributed by atoms with Crippen LogP contribution in [0.3, 0.4) is 0 Å². The molecule has 0 bridgehead atoms. The zero-order valence-electron chi connectivity index (χ0n) is 20.7. The molecule has 184 valence electrons. The number of fused-ring (bicyclic) bond motifs is 1. The second-order valence-electron chi connectivity index (χ2n) is 9.18. The van der Waals surface area contributed by atoms with Gasteiger partial charge in [-0.25, -0.2) is 0 Å². The third-order valence-electron chi connectivity index (χ3n) is 6.83. The van der Waals surface area contributed by atoms with Gasteiger partial charge in [0.1, 0.15) is 23.9 Å². The van der Waals surface area contributed by atoms with E-state index in [1.165, 1.54) is 4.90 Å². The van der Waals surface area contributed by atoms with Crippen molar-refractivity contribution in [2.75, 3.05) is 37.1 Å². The largest absolute Gasteiger partial charge is 0.507 e. The lowest BCUT2D eigenvalue weighted by atomic mass is 9.94. The van der Waals surface area contributed by atoms with Crippen molar-refractivity contribution in [2.45, 2.75) is 19.9 Å². The fraction of sp³-hybridized carbons (Fsp3) is 0.241. The van der Waals surface area contributed by atoms with Crippen molar-refractivity contribution < 1.29 is 24.2 Å². The van der Waals surface area contributed by atoms with Crippen LogP contribution in [0.5, 0.6) is 11.5 Å². The number of amides is 1. The fourth-order valence-electron chi connectivity index (χ4n) is 4.82. The zero-order valence-corrected chi connectivity index (χ0v) is 20.7. The molecule has 0 aliphatic carbocycles. The van der Waals surface area contributed by atoms with E-state index in [-0.39, 0.29) is 11.3 Å². The van der Waals surface area contributed by atoms with Crippen molar-refractivity contribution in [3.05, 3.63) is 88.5 Å². The molecule has 0 aromatic heterocycles. The van der Waals surface area contributed by atoms with Gasteiger partial charge in [0.2, 0.25) is 0 Å². The van der Waals surface area contributed by atoms with Crippen LogP contribution in [0.1, 0.15) is 28.3 Å². The molecule has 1 fully saturated rings. The summed E-state index contributed by atoms with van der Waals surface area (Å²) < 4.78 is 11.0. The number of ether oxygens (including phenoxy) is 2. The first-order chi connectivity index (χ1) is 17.3. The van der Waals surface area contributed by atoms with Crippen LogP contribution in [-0.2, 0) is 9.59 Å². The number of Topliss-reactive ketones (excluding diaryl/α,β-unsaturated/α-hetero) is 1. The maximum absolute atomic E-state index is 13.5. The van der Waals surface area contributed by atoms with E-state index >= 15 is 0 Å². The Morgan fingerprint density at radius 3 is 2.47 bits per heavy atom. The monoisotopic (exact) mass is 484 g/mol. The van der Waals surface area contributed by atoms with Crippen molar-refractivity contribution >= 4 is 28.8 Å². The molecule has 3 aromatic carbocycles. The lowest BCUT2D eigenvalue weighted by Crippen LogP contribution is -2.30. The highest BCUT2D eigenvalue weighted by molar-refractivity contribution is 6.51. The molecule has 1 atom stereocenters. The Labute approximate surface area is 210 Å². The molecule has 7 nitrogen and oxygen atoms in total. The summed E-state index contributed by atoms with van der Waals surface area (Å²) in [4.78, 5) is 30.5. The van der Waals surface area contributed by atoms with Crippen molar-refractivity contribution in [1.29, 1.82) is 0 Å². The Morgan fingerprint density at radius 1 is 1.00 bits per heavy atom. The topological polar surface area (TPSA) is 79.3 Å². The van der Waals surface area contributed by atoms with E-state index in [0.29, 0.717) is 41.5 Å². The molecule has 1 N–H and O–H groups in total. The van der Waals surface area contributed by atoms with Crippen LogP contribution >= 0.6 is 0 Å². The molecule has 36 heavy (non-hydrogen) atoms. The number of ketones is 1. The first kappa shape index (κ1) is 23.5. The average Bonchev–Trinajstić information content (AvgIpc) is 3.15. The minimum Gasteiger partial charge on any atom is -0.507 e. The maximum atomic E-state index is 13.5. The Hall–Kier alpha value is -4.26. The van der Waals surface area contributed by atoms with E-state index in [1.807, 2.05) is 56.1 Å². The van der Waals surface area contributed by atoms with Gasteiger partial charge in [0, 0.05) is 18.3 Å². The number of hydrogen-bond donors (Lipinski definition) is 1. The van der Waals surface area contributed by atoms with Crippen molar-refractivity contribution in [3.8, 4) is 11.5 Å². The van der Waals surface area contributed by atoms with E-state index in [9.17, 15) is 14.7 Å². The number of carbonyl (C=O) groups excluding carboxylic acids is 2. The predicted octanol–water partition coefficient (Wildman–Crippen LogP) is 4.77. The van der Waals surface area contributed by atoms with Crippen LogP contribution in [0.25, 0.3) is 5.76 Å². The number of aliphatic hydroxyl groups excluding tert-OH is 1. The highest BCUT2D eigenvalue weighted by Gasteiger charge is 2.47. The predicted molar refractivity (Wildman–Crippen MR) is 139 cm³/mol. The lowest BCUT2D eigenvalue weighted by molar-refractivity contribution is -0.132. The molecule has 1 unspecified atom stereocenters. The molecule has 7 heteroatoms. The van der Waals surface area contributed by atoms with Crippen molar-refractivity contribution in [1.82, 2.24) is 0 Å². The second-order valence-corrected chi connectivity index (χ2v) is 9.18. The third-order valence-corrected chi connectivity index (χ3v) is 6.83. The van der Waals surface area contributed by atoms with Gasteiger partial charge in [-0.15, -0.1) is 0 Å². The SMILES string of the molecule is COc1ccc(C2/C(=C(/O)c3ccc4c(c3)N(C)CCO4)C(=O)C(=O)N2c2cc(C)ccc2C)cc1. The molecular weight excluding hydrogens is 456 g/mol. The van der Waals surface area contributed by atoms with E-state index in [0.717, 1.165) is 16.8 Å². The molecule has 1 saturated heterocycles. The van der Waals surface area contributed by atoms with Gasteiger partial charge in [-0.3, -0.25) is 14.5 Å². The highest BCUT2D eigenvalue weighted by atomic mass is 16.5. The molecule has 5 rings (SSSR count). The molecule has 3 aromatic rings. The molecule has 0 spiro atoms. The molecule has 2 aliphatic heterocycles. The smallest absolute Gasteiger partial charge is 0.300 e. The summed E-state index contributed by atoms with van der Waals surface area (Å²) in [6.45, 7) is 5.12. The molecule has 2 heterocycles. The summed E-state index contributed by atoms with van der Waals surface area (Å²) in [6.07, 6.45) is 0. The van der Waals surface area contributed by atoms with Gasteiger partial charge in [-0.2, -0.15) is 0 Å². The van der Waals surface area contributed by atoms with Crippen LogP contribution in [-0.4, -0.2) is 44.1 Å². The van der Waals surface area contributed by atoms with Gasteiger partial charge in [0.25, 0.3) is 11.7 Å². The number of benzene rings is 3. The molecule has 0 saturated carbocycles. The summed E-state index contributed by atoms with van der Waals surface area (Å²) in [5.41, 5.74) is 4.45. The number of methoxy groups -OCH3 is 1. The Balaban J connectivity index is 1.71. The van der Waals surface area contributed by atoms with Gasteiger partial charge in [-0.05, 0) is 66.9 Å². The van der Waals surface area contributed by atoms with Gasteiger partial charge in [0.15, 0.2) is 0 Å². The number of hydrogen-bond acceptors (Lipinski definition) is 6. The van der Waals surface area contributed by atoms with Crippen LogP contribution in [0.2, 0.25) is 0 Å². The Morgan fingerprint density at radius 2 is 1.75 bits per heavy atom. The van der Waals surface area contributed by atoms with Gasteiger partial charge >= 0.3 is 0 Å². The van der Waals surface area contributed by atoms with Gasteiger partial charge in [0.05, 0.1) is 31.0 Å².